The summed E-state index contributed by atoms with van der Waals surface area (Å²) in [6.45, 7) is 0. The highest BCUT2D eigenvalue weighted by molar-refractivity contribution is 5.32. The molecule has 2 heterocycles. The van der Waals surface area contributed by atoms with Crippen LogP contribution in [0.15, 0.2) is 34.1 Å². The highest BCUT2D eigenvalue weighted by atomic mass is 16.2. The van der Waals surface area contributed by atoms with E-state index >= 15 is 0 Å². The summed E-state index contributed by atoms with van der Waals surface area (Å²) in [6, 6.07) is 2.95. The molecule has 0 unspecified atom stereocenters. The lowest BCUT2D eigenvalue weighted by Crippen LogP contribution is -2.29. The van der Waals surface area contributed by atoms with E-state index < -0.39 is 11.4 Å². The number of aromatic amines is 1. The minimum absolute atomic E-state index is 0.127. The average Bonchev–Trinajstić information content (AvgIpc) is 2.22. The van der Waals surface area contributed by atoms with E-state index in [1.54, 1.807) is 0 Å². The fourth-order valence-corrected chi connectivity index (χ4v) is 1.06. The maximum atomic E-state index is 11.3. The number of hydrogen-bond donors (Lipinski definition) is 3. The van der Waals surface area contributed by atoms with Crippen LogP contribution >= 0.6 is 0 Å². The molecule has 4 N–H and O–H groups in total. The summed E-state index contributed by atoms with van der Waals surface area (Å²) in [7, 11) is 0. The van der Waals surface area contributed by atoms with Crippen molar-refractivity contribution in [2.45, 2.75) is 0 Å². The van der Waals surface area contributed by atoms with Gasteiger partial charge < -0.3 is 10.7 Å². The molecule has 0 aliphatic carbocycles. The molecule has 0 bridgehead atoms. The predicted molar refractivity (Wildman–Crippen MR) is 56.8 cm³/mol. The quantitative estimate of drug-likeness (QED) is 0.584. The molecule has 0 saturated heterocycles. The summed E-state index contributed by atoms with van der Waals surface area (Å²) in [5.41, 5.74) is 6.82. The average molecular weight is 220 g/mol. The first kappa shape index (κ1) is 9.90. The lowest BCUT2D eigenvalue weighted by Gasteiger charge is -2.06. The van der Waals surface area contributed by atoms with Gasteiger partial charge in [0.1, 0.15) is 5.82 Å². The number of nitrogens with one attached hydrogen (secondary N) is 2. The highest BCUT2D eigenvalue weighted by Crippen LogP contribution is 1.96. The van der Waals surface area contributed by atoms with Crippen LogP contribution in [0.25, 0.3) is 0 Å². The van der Waals surface area contributed by atoms with Crippen molar-refractivity contribution < 1.29 is 0 Å². The van der Waals surface area contributed by atoms with Crippen molar-refractivity contribution in [2.24, 2.45) is 0 Å². The van der Waals surface area contributed by atoms with Gasteiger partial charge in [-0.3, -0.25) is 5.43 Å². The summed E-state index contributed by atoms with van der Waals surface area (Å²) in [4.78, 5) is 31.7. The van der Waals surface area contributed by atoms with Gasteiger partial charge in [-0.1, -0.05) is 0 Å². The Balaban J connectivity index is 2.34. The van der Waals surface area contributed by atoms with Crippen molar-refractivity contribution in [1.82, 2.24) is 19.6 Å². The topological polar surface area (TPSA) is 119 Å². The normalized spacial score (nSPS) is 10.0. The molecule has 2 rings (SSSR count). The molecule has 0 aromatic carbocycles. The van der Waals surface area contributed by atoms with E-state index in [4.69, 9.17) is 5.73 Å². The van der Waals surface area contributed by atoms with Crippen LogP contribution in [0.2, 0.25) is 0 Å². The van der Waals surface area contributed by atoms with Crippen molar-refractivity contribution in [3.05, 3.63) is 45.5 Å². The zero-order chi connectivity index (χ0) is 11.5. The van der Waals surface area contributed by atoms with Crippen LogP contribution in [0.5, 0.6) is 0 Å². The molecule has 82 valence electrons. The Morgan fingerprint density at radius 3 is 2.81 bits per heavy atom. The Hall–Kier alpha value is -2.64. The summed E-state index contributed by atoms with van der Waals surface area (Å²) in [5, 5.41) is 0. The molecule has 2 aromatic heterocycles. The van der Waals surface area contributed by atoms with E-state index in [-0.39, 0.29) is 11.6 Å². The Labute approximate surface area is 88.8 Å². The van der Waals surface area contributed by atoms with Gasteiger partial charge in [0.05, 0.1) is 0 Å². The standard InChI is InChI=1S/C8H8N6O2/c9-5-2-4-14(8(16)11-5)13-6-1-3-10-7(15)12-6/h1-4H,(H2,9,11,16)(H2,10,12,13,15). The summed E-state index contributed by atoms with van der Waals surface area (Å²) < 4.78 is 1.07. The molecule has 0 fully saturated rings. The Kier molecular flexibility index (Phi) is 2.38. The second kappa shape index (κ2) is 3.85. The smallest absolute Gasteiger partial charge is 0.368 e. The zero-order valence-electron chi connectivity index (χ0n) is 8.04. The van der Waals surface area contributed by atoms with Gasteiger partial charge >= 0.3 is 11.4 Å². The Morgan fingerprint density at radius 1 is 1.31 bits per heavy atom. The number of nitrogens with zero attached hydrogens (tertiary/aromatic N) is 3. The van der Waals surface area contributed by atoms with Gasteiger partial charge in [-0.25, -0.2) is 14.3 Å². The van der Waals surface area contributed by atoms with Gasteiger partial charge in [-0.15, -0.1) is 0 Å². The van der Waals surface area contributed by atoms with Crippen LogP contribution in [-0.4, -0.2) is 19.6 Å². The van der Waals surface area contributed by atoms with Crippen molar-refractivity contribution in [3.8, 4) is 0 Å². The third-order valence-electron chi connectivity index (χ3n) is 1.73. The third-order valence-corrected chi connectivity index (χ3v) is 1.73. The van der Waals surface area contributed by atoms with Crippen molar-refractivity contribution in [2.75, 3.05) is 11.2 Å². The van der Waals surface area contributed by atoms with Crippen LogP contribution in [-0.2, 0) is 0 Å². The maximum absolute atomic E-state index is 11.3. The van der Waals surface area contributed by atoms with E-state index in [2.05, 4.69) is 20.4 Å². The molecule has 0 atom stereocenters. The number of nitrogens with two attached hydrogens (primary N) is 1. The molecule has 0 amide bonds. The molecule has 0 spiro atoms. The number of anilines is 2. The predicted octanol–water partition coefficient (Wildman–Crippen LogP) is -1.22. The van der Waals surface area contributed by atoms with Crippen molar-refractivity contribution in [1.29, 1.82) is 0 Å². The van der Waals surface area contributed by atoms with Gasteiger partial charge in [0.25, 0.3) is 0 Å². The monoisotopic (exact) mass is 220 g/mol. The second-order valence-corrected chi connectivity index (χ2v) is 2.90. The highest BCUT2D eigenvalue weighted by Gasteiger charge is 1.99. The van der Waals surface area contributed by atoms with E-state index in [1.165, 1.54) is 24.5 Å². The van der Waals surface area contributed by atoms with Crippen LogP contribution in [0.1, 0.15) is 0 Å². The first-order valence-corrected chi connectivity index (χ1v) is 4.33. The molecular formula is C8H8N6O2. The summed E-state index contributed by atoms with van der Waals surface area (Å²) >= 11 is 0. The Morgan fingerprint density at radius 2 is 2.12 bits per heavy atom. The molecule has 0 aliphatic heterocycles. The van der Waals surface area contributed by atoms with Gasteiger partial charge in [0.2, 0.25) is 0 Å². The zero-order valence-corrected chi connectivity index (χ0v) is 8.04. The minimum Gasteiger partial charge on any atom is -0.383 e. The number of aromatic nitrogens is 4. The van der Waals surface area contributed by atoms with E-state index in [0.717, 1.165) is 4.68 Å². The van der Waals surface area contributed by atoms with E-state index in [1.807, 2.05) is 0 Å². The lowest BCUT2D eigenvalue weighted by atomic mass is 10.6. The largest absolute Gasteiger partial charge is 0.383 e. The SMILES string of the molecule is Nc1ccn(Nc2cc[nH]c(=O)n2)c(=O)n1. The van der Waals surface area contributed by atoms with Crippen LogP contribution in [0, 0.1) is 0 Å². The molecule has 0 radical (unpaired) electrons. The number of nitrogen functional groups attached to an aromatic ring is 1. The molecule has 16 heavy (non-hydrogen) atoms. The number of H-pyrrole nitrogens is 1. The lowest BCUT2D eigenvalue weighted by molar-refractivity contribution is 0.834. The fraction of sp³-hybridized carbons (Fsp3) is 0. The van der Waals surface area contributed by atoms with Crippen LogP contribution < -0.4 is 22.5 Å². The van der Waals surface area contributed by atoms with Crippen LogP contribution in [0.3, 0.4) is 0 Å². The fourth-order valence-electron chi connectivity index (χ4n) is 1.06. The third kappa shape index (κ3) is 2.05. The first-order chi connectivity index (χ1) is 7.65. The van der Waals surface area contributed by atoms with E-state index in [9.17, 15) is 9.59 Å². The number of hydrogen-bond acceptors (Lipinski definition) is 6. The molecular weight excluding hydrogens is 212 g/mol. The van der Waals surface area contributed by atoms with Crippen molar-refractivity contribution >= 4 is 11.6 Å². The summed E-state index contributed by atoms with van der Waals surface area (Å²) in [5.74, 6) is 0.360. The van der Waals surface area contributed by atoms with Gasteiger partial charge in [0.15, 0.2) is 5.82 Å². The van der Waals surface area contributed by atoms with E-state index in [0.29, 0.717) is 0 Å². The first-order valence-electron chi connectivity index (χ1n) is 4.33. The summed E-state index contributed by atoms with van der Waals surface area (Å²) in [6.07, 6.45) is 2.81. The molecule has 0 aliphatic rings. The molecule has 2 aromatic rings. The van der Waals surface area contributed by atoms with Crippen LogP contribution in [0.4, 0.5) is 11.6 Å². The van der Waals surface area contributed by atoms with Gasteiger partial charge in [-0.2, -0.15) is 9.97 Å². The van der Waals surface area contributed by atoms with Gasteiger partial charge in [0, 0.05) is 12.4 Å². The molecule has 0 saturated carbocycles. The Bertz CT molecular complexity index is 616. The second-order valence-electron chi connectivity index (χ2n) is 2.90. The number of rotatable bonds is 2. The molecule has 8 heteroatoms. The minimum atomic E-state index is -0.581. The maximum Gasteiger partial charge on any atom is 0.368 e. The van der Waals surface area contributed by atoms with Gasteiger partial charge in [-0.05, 0) is 12.1 Å². The van der Waals surface area contributed by atoms with Crippen molar-refractivity contribution in [3.63, 3.8) is 0 Å². The molecule has 8 nitrogen and oxygen atoms in total.